The highest BCUT2D eigenvalue weighted by atomic mass is 19.1. The van der Waals surface area contributed by atoms with Crippen LogP contribution in [0.3, 0.4) is 0 Å². The van der Waals surface area contributed by atoms with Gasteiger partial charge < -0.3 is 10.6 Å². The molecule has 0 aromatic heterocycles. The van der Waals surface area contributed by atoms with E-state index in [4.69, 9.17) is 0 Å². The fraction of sp³-hybridized carbons (Fsp3) is 0.417. The molecule has 0 aliphatic rings. The van der Waals surface area contributed by atoms with E-state index < -0.39 is 27.9 Å². The van der Waals surface area contributed by atoms with Crippen LogP contribution in [0.4, 0.5) is 15.8 Å². The number of carbonyl (C=O) groups is 1. The first-order chi connectivity index (χ1) is 8.76. The Morgan fingerprint density at radius 2 is 2.05 bits per heavy atom. The summed E-state index contributed by atoms with van der Waals surface area (Å²) in [7, 11) is 0. The van der Waals surface area contributed by atoms with Crippen LogP contribution in [0.15, 0.2) is 18.2 Å². The van der Waals surface area contributed by atoms with Crippen molar-refractivity contribution in [3.63, 3.8) is 0 Å². The van der Waals surface area contributed by atoms with Gasteiger partial charge >= 0.3 is 0 Å². The van der Waals surface area contributed by atoms with Crippen LogP contribution >= 0.6 is 0 Å². The average Bonchev–Trinajstić information content (AvgIpc) is 2.27. The maximum absolute atomic E-state index is 13.2. The largest absolute Gasteiger partial charge is 0.324 e. The molecule has 1 amide bonds. The van der Waals surface area contributed by atoms with E-state index >= 15 is 0 Å². The topological polar surface area (TPSA) is 84.3 Å². The van der Waals surface area contributed by atoms with E-state index in [0.717, 1.165) is 18.2 Å². The van der Waals surface area contributed by atoms with E-state index in [1.54, 1.807) is 13.8 Å². The molecule has 0 saturated heterocycles. The Balaban J connectivity index is 2.94. The molecule has 0 atom stereocenters. The lowest BCUT2D eigenvalue weighted by Crippen LogP contribution is -2.49. The van der Waals surface area contributed by atoms with Gasteiger partial charge in [-0.05, 0) is 26.5 Å². The molecule has 0 bridgehead atoms. The number of non-ortho nitro benzene ring substituents is 1. The number of likely N-dealkylation sites (N-methyl/N-ethyl adjacent to an activating group) is 1. The number of nitrogens with one attached hydrogen (secondary N) is 2. The van der Waals surface area contributed by atoms with Gasteiger partial charge in [-0.3, -0.25) is 14.9 Å². The van der Waals surface area contributed by atoms with Crippen molar-refractivity contribution in [1.82, 2.24) is 5.32 Å². The Labute approximate surface area is 110 Å². The summed E-state index contributed by atoms with van der Waals surface area (Å²) < 4.78 is 13.2. The second-order valence-corrected chi connectivity index (χ2v) is 4.56. The number of nitro benzene ring substituents is 1. The predicted octanol–water partition coefficient (Wildman–Crippen LogP) is 2.06. The smallest absolute Gasteiger partial charge is 0.274 e. The number of rotatable bonds is 5. The zero-order chi connectivity index (χ0) is 14.6. The van der Waals surface area contributed by atoms with Gasteiger partial charge in [-0.2, -0.15) is 0 Å². The number of hydrogen-bond donors (Lipinski definition) is 2. The summed E-state index contributed by atoms with van der Waals surface area (Å²) in [4.78, 5) is 21.8. The SMILES string of the molecule is CCNC(C)(C)C(=O)Nc1cc(F)cc([N+](=O)[O-])c1. The molecule has 0 unspecified atom stereocenters. The molecule has 1 aromatic rings. The van der Waals surface area contributed by atoms with Gasteiger partial charge in [0, 0.05) is 6.07 Å². The Kier molecular flexibility index (Phi) is 4.55. The first-order valence-corrected chi connectivity index (χ1v) is 5.77. The van der Waals surface area contributed by atoms with E-state index in [1.165, 1.54) is 0 Å². The number of carbonyl (C=O) groups excluding carboxylic acids is 1. The van der Waals surface area contributed by atoms with Crippen LogP contribution in [0.2, 0.25) is 0 Å². The van der Waals surface area contributed by atoms with Crippen LogP contribution in [0.5, 0.6) is 0 Å². The van der Waals surface area contributed by atoms with Crippen molar-refractivity contribution in [2.24, 2.45) is 0 Å². The Bertz CT molecular complexity index is 503. The first kappa shape index (κ1) is 15.0. The number of hydrogen-bond acceptors (Lipinski definition) is 4. The van der Waals surface area contributed by atoms with E-state index in [2.05, 4.69) is 10.6 Å². The predicted molar refractivity (Wildman–Crippen MR) is 69.4 cm³/mol. The van der Waals surface area contributed by atoms with E-state index in [1.807, 2.05) is 6.92 Å². The molecule has 0 aliphatic heterocycles. The van der Waals surface area contributed by atoms with Crippen LogP contribution in [0.25, 0.3) is 0 Å². The zero-order valence-electron chi connectivity index (χ0n) is 11.0. The van der Waals surface area contributed by atoms with Crippen molar-refractivity contribution >= 4 is 17.3 Å². The molecule has 104 valence electrons. The molecule has 1 rings (SSSR count). The summed E-state index contributed by atoms with van der Waals surface area (Å²) in [6, 6.07) is 2.95. The minimum atomic E-state index is -0.851. The molecule has 0 spiro atoms. The third-order valence-corrected chi connectivity index (χ3v) is 2.54. The van der Waals surface area contributed by atoms with Gasteiger partial charge in [0.1, 0.15) is 5.82 Å². The van der Waals surface area contributed by atoms with Crippen molar-refractivity contribution in [1.29, 1.82) is 0 Å². The van der Waals surface area contributed by atoms with E-state index in [-0.39, 0.29) is 5.69 Å². The highest BCUT2D eigenvalue weighted by Crippen LogP contribution is 2.20. The molecular formula is C12H16FN3O3. The van der Waals surface area contributed by atoms with Gasteiger partial charge in [0.05, 0.1) is 22.2 Å². The van der Waals surface area contributed by atoms with Crippen molar-refractivity contribution in [3.8, 4) is 0 Å². The number of nitro groups is 1. The zero-order valence-corrected chi connectivity index (χ0v) is 11.0. The number of amides is 1. The quantitative estimate of drug-likeness (QED) is 0.633. The molecule has 0 aliphatic carbocycles. The van der Waals surface area contributed by atoms with Crippen LogP contribution in [-0.2, 0) is 4.79 Å². The molecule has 2 N–H and O–H groups in total. The monoisotopic (exact) mass is 269 g/mol. The highest BCUT2D eigenvalue weighted by Gasteiger charge is 2.26. The Morgan fingerprint density at radius 1 is 1.42 bits per heavy atom. The molecule has 6 nitrogen and oxygen atoms in total. The fourth-order valence-electron chi connectivity index (χ4n) is 1.56. The molecule has 0 fully saturated rings. The molecule has 1 aromatic carbocycles. The molecule has 0 saturated carbocycles. The summed E-state index contributed by atoms with van der Waals surface area (Å²) in [6.07, 6.45) is 0. The van der Waals surface area contributed by atoms with Gasteiger partial charge in [0.2, 0.25) is 5.91 Å². The minimum Gasteiger partial charge on any atom is -0.324 e. The minimum absolute atomic E-state index is 0.0580. The van der Waals surface area contributed by atoms with E-state index in [0.29, 0.717) is 6.54 Å². The Hall–Kier alpha value is -2.02. The van der Waals surface area contributed by atoms with Gasteiger partial charge in [-0.1, -0.05) is 6.92 Å². The molecule has 0 heterocycles. The first-order valence-electron chi connectivity index (χ1n) is 5.77. The van der Waals surface area contributed by atoms with Crippen LogP contribution in [0.1, 0.15) is 20.8 Å². The lowest BCUT2D eigenvalue weighted by molar-refractivity contribution is -0.385. The maximum Gasteiger partial charge on any atom is 0.274 e. The fourth-order valence-corrected chi connectivity index (χ4v) is 1.56. The summed E-state index contributed by atoms with van der Waals surface area (Å²) >= 11 is 0. The van der Waals surface area contributed by atoms with Gasteiger partial charge in [0.15, 0.2) is 0 Å². The second kappa shape index (κ2) is 5.75. The lowest BCUT2D eigenvalue weighted by Gasteiger charge is -2.24. The van der Waals surface area contributed by atoms with Crippen molar-refractivity contribution < 1.29 is 14.1 Å². The summed E-state index contributed by atoms with van der Waals surface area (Å²) in [6.45, 7) is 5.77. The van der Waals surface area contributed by atoms with Crippen molar-refractivity contribution in [3.05, 3.63) is 34.1 Å². The maximum atomic E-state index is 13.2. The highest BCUT2D eigenvalue weighted by molar-refractivity contribution is 5.97. The lowest BCUT2D eigenvalue weighted by atomic mass is 10.0. The number of nitrogens with zero attached hydrogens (tertiary/aromatic N) is 1. The summed E-state index contributed by atoms with van der Waals surface area (Å²) in [5, 5.41) is 16.0. The number of benzene rings is 1. The van der Waals surface area contributed by atoms with Crippen LogP contribution < -0.4 is 10.6 Å². The molecular weight excluding hydrogens is 253 g/mol. The van der Waals surface area contributed by atoms with Crippen molar-refractivity contribution in [2.75, 3.05) is 11.9 Å². The normalized spacial score (nSPS) is 11.2. The molecule has 7 heteroatoms. The molecule has 19 heavy (non-hydrogen) atoms. The average molecular weight is 269 g/mol. The molecule has 0 radical (unpaired) electrons. The van der Waals surface area contributed by atoms with Gasteiger partial charge in [-0.15, -0.1) is 0 Å². The standard InChI is InChI=1S/C12H16FN3O3/c1-4-14-12(2,3)11(17)15-9-5-8(13)6-10(7-9)16(18)19/h5-7,14H,4H2,1-3H3,(H,15,17). The third-order valence-electron chi connectivity index (χ3n) is 2.54. The summed E-state index contributed by atoms with van der Waals surface area (Å²) in [5.41, 5.74) is -1.20. The second-order valence-electron chi connectivity index (χ2n) is 4.56. The van der Waals surface area contributed by atoms with Crippen molar-refractivity contribution in [2.45, 2.75) is 26.3 Å². The third kappa shape index (κ3) is 3.99. The van der Waals surface area contributed by atoms with Gasteiger partial charge in [0.25, 0.3) is 5.69 Å². The Morgan fingerprint density at radius 3 is 2.58 bits per heavy atom. The summed E-state index contributed by atoms with van der Waals surface area (Å²) in [5.74, 6) is -1.17. The van der Waals surface area contributed by atoms with Gasteiger partial charge in [-0.25, -0.2) is 4.39 Å². The van der Waals surface area contributed by atoms with Crippen LogP contribution in [0, 0.1) is 15.9 Å². The number of halogens is 1. The van der Waals surface area contributed by atoms with E-state index in [9.17, 15) is 19.3 Å². The van der Waals surface area contributed by atoms with Crippen LogP contribution in [-0.4, -0.2) is 22.9 Å². The number of anilines is 1.